The molecule has 27 heavy (non-hydrogen) atoms. The summed E-state index contributed by atoms with van der Waals surface area (Å²) >= 11 is 0. The zero-order valence-corrected chi connectivity index (χ0v) is 16.1. The van der Waals surface area contributed by atoms with Gasteiger partial charge in [-0.25, -0.2) is 0 Å². The number of carbonyl (C=O) groups is 1. The van der Waals surface area contributed by atoms with E-state index in [1.54, 1.807) is 12.3 Å². The lowest BCUT2D eigenvalue weighted by Crippen LogP contribution is -2.55. The van der Waals surface area contributed by atoms with Crippen LogP contribution < -0.4 is 4.74 Å². The second-order valence-electron chi connectivity index (χ2n) is 7.90. The number of fused-ring (bicyclic) bond motifs is 1. The Bertz CT molecular complexity index is 798. The Morgan fingerprint density at radius 1 is 1.11 bits per heavy atom. The molecule has 1 fully saturated rings. The van der Waals surface area contributed by atoms with Gasteiger partial charge < -0.3 is 14.5 Å². The van der Waals surface area contributed by atoms with E-state index in [-0.39, 0.29) is 11.5 Å². The quantitative estimate of drug-likeness (QED) is 0.819. The van der Waals surface area contributed by atoms with Gasteiger partial charge in [-0.15, -0.1) is 0 Å². The summed E-state index contributed by atoms with van der Waals surface area (Å²) in [6, 6.07) is 14.1. The molecule has 3 heterocycles. The van der Waals surface area contributed by atoms with E-state index in [0.717, 1.165) is 37.2 Å². The highest BCUT2D eigenvalue weighted by Crippen LogP contribution is 2.36. The van der Waals surface area contributed by atoms with Crippen LogP contribution in [0.3, 0.4) is 0 Å². The monoisotopic (exact) mass is 365 g/mol. The summed E-state index contributed by atoms with van der Waals surface area (Å²) in [7, 11) is 0. The van der Waals surface area contributed by atoms with Crippen molar-refractivity contribution in [3.8, 4) is 5.75 Å². The summed E-state index contributed by atoms with van der Waals surface area (Å²) < 4.78 is 6.59. The molecule has 0 aliphatic carbocycles. The zero-order chi connectivity index (χ0) is 18.9. The predicted octanol–water partition coefficient (Wildman–Crippen LogP) is 3.36. The Labute approximate surface area is 161 Å². The summed E-state index contributed by atoms with van der Waals surface area (Å²) in [4.78, 5) is 21.8. The molecule has 5 heteroatoms. The fraction of sp³-hybridized carbons (Fsp3) is 0.455. The molecule has 1 spiro atoms. The summed E-state index contributed by atoms with van der Waals surface area (Å²) in [6.45, 7) is 7.61. The minimum atomic E-state index is -0.331. The van der Waals surface area contributed by atoms with Crippen molar-refractivity contribution in [2.45, 2.75) is 44.9 Å². The van der Waals surface area contributed by atoms with Crippen molar-refractivity contribution in [1.82, 2.24) is 14.8 Å². The molecule has 1 aromatic carbocycles. The average molecular weight is 365 g/mol. The molecule has 0 radical (unpaired) electrons. The van der Waals surface area contributed by atoms with Crippen LogP contribution in [0.15, 0.2) is 48.7 Å². The third kappa shape index (κ3) is 3.69. The number of piperidine rings is 1. The number of rotatable bonds is 2. The fourth-order valence-corrected chi connectivity index (χ4v) is 4.11. The number of nitrogens with zero attached hydrogens (tertiary/aromatic N) is 3. The van der Waals surface area contributed by atoms with Crippen LogP contribution in [0.4, 0.5) is 0 Å². The standard InChI is InChI=1S/C22H27N3O2/c1-17(2)24-13-10-22(11-14-24)16-25(21(26)19-8-5-6-12-23-19)15-18-7-3-4-9-20(18)27-22/h3-9,12,17H,10-11,13-16H2,1-2H3. The predicted molar refractivity (Wildman–Crippen MR) is 105 cm³/mol. The molecule has 0 N–H and O–H groups in total. The summed E-state index contributed by atoms with van der Waals surface area (Å²) in [5.74, 6) is 0.883. The van der Waals surface area contributed by atoms with Crippen molar-refractivity contribution in [1.29, 1.82) is 0 Å². The van der Waals surface area contributed by atoms with Crippen LogP contribution in [0.1, 0.15) is 42.7 Å². The van der Waals surface area contributed by atoms with Gasteiger partial charge in [0.05, 0.1) is 6.54 Å². The van der Waals surface area contributed by atoms with Gasteiger partial charge in [0.15, 0.2) is 0 Å². The number of ether oxygens (including phenoxy) is 1. The molecule has 1 aromatic heterocycles. The molecular weight excluding hydrogens is 338 g/mol. The van der Waals surface area contributed by atoms with Crippen LogP contribution in [-0.4, -0.2) is 52.0 Å². The first-order chi connectivity index (χ1) is 13.1. The van der Waals surface area contributed by atoms with E-state index >= 15 is 0 Å². The van der Waals surface area contributed by atoms with E-state index in [1.807, 2.05) is 35.2 Å². The number of hydrogen-bond acceptors (Lipinski definition) is 4. The third-order valence-electron chi connectivity index (χ3n) is 5.75. The van der Waals surface area contributed by atoms with Crippen LogP contribution in [0.2, 0.25) is 0 Å². The van der Waals surface area contributed by atoms with Crippen molar-refractivity contribution in [3.63, 3.8) is 0 Å². The molecule has 142 valence electrons. The van der Waals surface area contributed by atoms with Gasteiger partial charge in [0.2, 0.25) is 0 Å². The van der Waals surface area contributed by atoms with Gasteiger partial charge in [-0.2, -0.15) is 0 Å². The lowest BCUT2D eigenvalue weighted by molar-refractivity contribution is -0.0214. The Hall–Kier alpha value is -2.40. The van der Waals surface area contributed by atoms with Gasteiger partial charge in [0, 0.05) is 50.3 Å². The second-order valence-corrected chi connectivity index (χ2v) is 7.90. The normalized spacial score (nSPS) is 19.4. The van der Waals surface area contributed by atoms with Gasteiger partial charge in [-0.1, -0.05) is 24.3 Å². The van der Waals surface area contributed by atoms with E-state index in [2.05, 4.69) is 29.8 Å². The number of carbonyl (C=O) groups excluding carboxylic acids is 1. The van der Waals surface area contributed by atoms with Crippen LogP contribution in [0.5, 0.6) is 5.75 Å². The summed E-state index contributed by atoms with van der Waals surface area (Å²) in [5.41, 5.74) is 1.22. The lowest BCUT2D eigenvalue weighted by Gasteiger charge is -2.44. The molecule has 0 unspecified atom stereocenters. The molecule has 4 rings (SSSR count). The molecule has 0 bridgehead atoms. The van der Waals surface area contributed by atoms with E-state index in [4.69, 9.17) is 4.74 Å². The zero-order valence-electron chi connectivity index (χ0n) is 16.1. The van der Waals surface area contributed by atoms with E-state index in [0.29, 0.717) is 24.8 Å². The second kappa shape index (κ2) is 7.31. The van der Waals surface area contributed by atoms with E-state index in [1.165, 1.54) is 0 Å². The number of benzene rings is 1. The van der Waals surface area contributed by atoms with Gasteiger partial charge in [0.25, 0.3) is 5.91 Å². The maximum absolute atomic E-state index is 13.2. The highest BCUT2D eigenvalue weighted by atomic mass is 16.5. The van der Waals surface area contributed by atoms with Gasteiger partial charge in [-0.05, 0) is 32.0 Å². The van der Waals surface area contributed by atoms with E-state index < -0.39 is 0 Å². The lowest BCUT2D eigenvalue weighted by atomic mass is 9.89. The van der Waals surface area contributed by atoms with Crippen molar-refractivity contribution < 1.29 is 9.53 Å². The summed E-state index contributed by atoms with van der Waals surface area (Å²) in [5, 5.41) is 0. The first-order valence-corrected chi connectivity index (χ1v) is 9.78. The molecule has 5 nitrogen and oxygen atoms in total. The Kier molecular flexibility index (Phi) is 4.87. The van der Waals surface area contributed by atoms with Crippen molar-refractivity contribution in [2.75, 3.05) is 19.6 Å². The smallest absolute Gasteiger partial charge is 0.272 e. The van der Waals surface area contributed by atoms with Gasteiger partial charge in [0.1, 0.15) is 17.0 Å². The van der Waals surface area contributed by atoms with Crippen LogP contribution in [0.25, 0.3) is 0 Å². The summed E-state index contributed by atoms with van der Waals surface area (Å²) in [6.07, 6.45) is 3.52. The Morgan fingerprint density at radius 2 is 1.85 bits per heavy atom. The highest BCUT2D eigenvalue weighted by molar-refractivity contribution is 5.92. The van der Waals surface area contributed by atoms with E-state index in [9.17, 15) is 4.79 Å². The number of likely N-dealkylation sites (tertiary alicyclic amines) is 1. The number of amides is 1. The molecule has 2 aromatic rings. The topological polar surface area (TPSA) is 45.7 Å². The average Bonchev–Trinajstić information content (AvgIpc) is 2.85. The molecule has 0 saturated carbocycles. The molecule has 1 saturated heterocycles. The molecular formula is C22H27N3O2. The minimum Gasteiger partial charge on any atom is -0.485 e. The third-order valence-corrected chi connectivity index (χ3v) is 5.75. The van der Waals surface area contributed by atoms with Crippen molar-refractivity contribution >= 4 is 5.91 Å². The van der Waals surface area contributed by atoms with Crippen LogP contribution in [-0.2, 0) is 6.54 Å². The molecule has 2 aliphatic rings. The first kappa shape index (κ1) is 18.0. The maximum Gasteiger partial charge on any atom is 0.272 e. The van der Waals surface area contributed by atoms with Crippen LogP contribution in [0, 0.1) is 0 Å². The van der Waals surface area contributed by atoms with Gasteiger partial charge >= 0.3 is 0 Å². The molecule has 2 aliphatic heterocycles. The SMILES string of the molecule is CC(C)N1CCC2(CC1)CN(C(=O)c1ccccn1)Cc1ccccc1O2. The Balaban J connectivity index is 1.64. The molecule has 0 atom stereocenters. The highest BCUT2D eigenvalue weighted by Gasteiger charge is 2.42. The number of hydrogen-bond donors (Lipinski definition) is 0. The van der Waals surface area contributed by atoms with Gasteiger partial charge in [-0.3, -0.25) is 9.78 Å². The minimum absolute atomic E-state index is 0.0263. The maximum atomic E-state index is 13.2. The number of pyridine rings is 1. The molecule has 1 amide bonds. The van der Waals surface area contributed by atoms with Crippen molar-refractivity contribution in [2.24, 2.45) is 0 Å². The first-order valence-electron chi connectivity index (χ1n) is 9.78. The van der Waals surface area contributed by atoms with Crippen molar-refractivity contribution in [3.05, 3.63) is 59.9 Å². The largest absolute Gasteiger partial charge is 0.485 e. The fourth-order valence-electron chi connectivity index (χ4n) is 4.11. The number of para-hydroxylation sites is 1. The Morgan fingerprint density at radius 3 is 2.56 bits per heavy atom. The van der Waals surface area contributed by atoms with Crippen LogP contribution >= 0.6 is 0 Å². The number of aromatic nitrogens is 1.